The maximum absolute atomic E-state index is 12.8. The zero-order valence-corrected chi connectivity index (χ0v) is 12.7. The van der Waals surface area contributed by atoms with Crippen LogP contribution in [0, 0.1) is 0 Å². The van der Waals surface area contributed by atoms with Crippen LogP contribution in [0.1, 0.15) is 29.6 Å². The number of likely N-dealkylation sites (tertiary alicyclic amines) is 1. The molecule has 1 aromatic carbocycles. The molecule has 2 heterocycles. The van der Waals surface area contributed by atoms with Gasteiger partial charge >= 0.3 is 0 Å². The van der Waals surface area contributed by atoms with Crippen molar-refractivity contribution in [2.75, 3.05) is 33.0 Å². The predicted molar refractivity (Wildman–Crippen MR) is 82.5 cm³/mol. The van der Waals surface area contributed by atoms with Gasteiger partial charge in [0, 0.05) is 30.9 Å². The molecule has 5 nitrogen and oxygen atoms in total. The molecule has 21 heavy (non-hydrogen) atoms. The van der Waals surface area contributed by atoms with Gasteiger partial charge in [-0.1, -0.05) is 0 Å². The molecule has 0 radical (unpaired) electrons. The Morgan fingerprint density at radius 3 is 2.81 bits per heavy atom. The van der Waals surface area contributed by atoms with Crippen LogP contribution in [0.4, 0.5) is 5.69 Å². The molecule has 1 amide bonds. The van der Waals surface area contributed by atoms with E-state index in [9.17, 15) is 4.79 Å². The Kier molecular flexibility index (Phi) is 3.76. The number of likely N-dealkylation sites (N-methyl/N-ethyl adjacent to an activating group) is 1. The molecule has 5 heteroatoms. The lowest BCUT2D eigenvalue weighted by Crippen LogP contribution is -2.39. The first-order chi connectivity index (χ1) is 10.1. The van der Waals surface area contributed by atoms with Gasteiger partial charge in [0.25, 0.3) is 5.91 Å². The van der Waals surface area contributed by atoms with Crippen molar-refractivity contribution in [3.05, 3.63) is 23.8 Å². The molecule has 0 saturated carbocycles. The van der Waals surface area contributed by atoms with Gasteiger partial charge in [0.1, 0.15) is 5.75 Å². The lowest BCUT2D eigenvalue weighted by atomic mass is 10.1. The molecular formula is C16H23N3O2. The fourth-order valence-corrected chi connectivity index (χ4v) is 3.56. The van der Waals surface area contributed by atoms with Gasteiger partial charge in [-0.3, -0.25) is 9.69 Å². The maximum atomic E-state index is 12.8. The van der Waals surface area contributed by atoms with Crippen LogP contribution in [0.2, 0.25) is 0 Å². The van der Waals surface area contributed by atoms with Crippen molar-refractivity contribution in [1.82, 2.24) is 9.80 Å². The van der Waals surface area contributed by atoms with Gasteiger partial charge in [0.15, 0.2) is 0 Å². The van der Waals surface area contributed by atoms with Gasteiger partial charge in [0.05, 0.1) is 12.7 Å². The third kappa shape index (κ3) is 2.58. The Labute approximate surface area is 125 Å². The van der Waals surface area contributed by atoms with E-state index in [1.54, 1.807) is 25.3 Å². The summed E-state index contributed by atoms with van der Waals surface area (Å²) in [6.45, 7) is 1.60. The molecule has 2 bridgehead atoms. The number of anilines is 1. The van der Waals surface area contributed by atoms with E-state index in [2.05, 4.69) is 11.9 Å². The zero-order valence-electron chi connectivity index (χ0n) is 12.7. The van der Waals surface area contributed by atoms with E-state index in [4.69, 9.17) is 10.5 Å². The molecule has 3 rings (SSSR count). The summed E-state index contributed by atoms with van der Waals surface area (Å²) in [7, 11) is 3.76. The van der Waals surface area contributed by atoms with Crippen molar-refractivity contribution in [2.45, 2.75) is 31.3 Å². The second-order valence-electron chi connectivity index (χ2n) is 6.05. The molecule has 0 aliphatic carbocycles. The highest BCUT2D eigenvalue weighted by Gasteiger charge is 2.36. The molecule has 2 fully saturated rings. The molecule has 0 spiro atoms. The maximum Gasteiger partial charge on any atom is 0.257 e. The van der Waals surface area contributed by atoms with E-state index in [-0.39, 0.29) is 5.91 Å². The summed E-state index contributed by atoms with van der Waals surface area (Å²) in [5, 5.41) is 0. The van der Waals surface area contributed by atoms with Crippen molar-refractivity contribution in [3.8, 4) is 5.75 Å². The van der Waals surface area contributed by atoms with E-state index in [0.717, 1.165) is 19.5 Å². The third-order valence-corrected chi connectivity index (χ3v) is 4.89. The molecular weight excluding hydrogens is 266 g/mol. The number of rotatable bonds is 2. The number of benzene rings is 1. The molecule has 0 aromatic heterocycles. The van der Waals surface area contributed by atoms with Crippen LogP contribution >= 0.6 is 0 Å². The van der Waals surface area contributed by atoms with Crippen molar-refractivity contribution in [3.63, 3.8) is 0 Å². The molecule has 2 atom stereocenters. The largest absolute Gasteiger partial charge is 0.496 e. The highest BCUT2D eigenvalue weighted by atomic mass is 16.5. The van der Waals surface area contributed by atoms with Crippen molar-refractivity contribution in [1.29, 1.82) is 0 Å². The number of carbonyl (C=O) groups is 1. The monoisotopic (exact) mass is 289 g/mol. The van der Waals surface area contributed by atoms with Crippen LogP contribution in [0.25, 0.3) is 0 Å². The number of ether oxygens (including phenoxy) is 1. The Morgan fingerprint density at radius 1 is 1.29 bits per heavy atom. The highest BCUT2D eigenvalue weighted by Crippen LogP contribution is 2.30. The lowest BCUT2D eigenvalue weighted by molar-refractivity contribution is 0.0737. The fraction of sp³-hybridized carbons (Fsp3) is 0.562. The Bertz CT molecular complexity index is 546. The fourth-order valence-electron chi connectivity index (χ4n) is 3.56. The molecule has 2 unspecified atom stereocenters. The van der Waals surface area contributed by atoms with Crippen LogP contribution in [-0.4, -0.2) is 55.0 Å². The molecule has 2 saturated heterocycles. The summed E-state index contributed by atoms with van der Waals surface area (Å²) in [6.07, 6.45) is 3.48. The van der Waals surface area contributed by atoms with Gasteiger partial charge in [0.2, 0.25) is 0 Å². The smallest absolute Gasteiger partial charge is 0.257 e. The topological polar surface area (TPSA) is 58.8 Å². The Morgan fingerprint density at radius 2 is 2.05 bits per heavy atom. The number of carbonyl (C=O) groups excluding carboxylic acids is 1. The Balaban J connectivity index is 1.84. The van der Waals surface area contributed by atoms with Gasteiger partial charge < -0.3 is 15.4 Å². The van der Waals surface area contributed by atoms with E-state index in [0.29, 0.717) is 29.1 Å². The number of amides is 1. The number of nitrogen functional groups attached to an aromatic ring is 1. The highest BCUT2D eigenvalue weighted by molar-refractivity contribution is 5.98. The number of nitrogens with zero attached hydrogens (tertiary/aromatic N) is 2. The second-order valence-corrected chi connectivity index (χ2v) is 6.05. The van der Waals surface area contributed by atoms with E-state index >= 15 is 0 Å². The summed E-state index contributed by atoms with van der Waals surface area (Å²) < 4.78 is 5.31. The normalized spacial score (nSPS) is 25.7. The van der Waals surface area contributed by atoms with Gasteiger partial charge in [-0.2, -0.15) is 0 Å². The van der Waals surface area contributed by atoms with Crippen LogP contribution in [0.3, 0.4) is 0 Å². The SMILES string of the molecule is COc1ccc(N)cc1C(=O)N1CCC2CCC(C1)N2C. The van der Waals surface area contributed by atoms with Crippen molar-refractivity contribution < 1.29 is 9.53 Å². The van der Waals surface area contributed by atoms with Gasteiger partial charge in [-0.15, -0.1) is 0 Å². The van der Waals surface area contributed by atoms with Crippen LogP contribution in [0.5, 0.6) is 5.75 Å². The molecule has 2 aliphatic heterocycles. The van der Waals surface area contributed by atoms with E-state index in [1.165, 1.54) is 12.8 Å². The average molecular weight is 289 g/mol. The summed E-state index contributed by atoms with van der Waals surface area (Å²) >= 11 is 0. The number of methoxy groups -OCH3 is 1. The first-order valence-electron chi connectivity index (χ1n) is 7.55. The second kappa shape index (κ2) is 5.56. The van der Waals surface area contributed by atoms with Crippen molar-refractivity contribution >= 4 is 11.6 Å². The van der Waals surface area contributed by atoms with Crippen LogP contribution in [-0.2, 0) is 0 Å². The number of hydrogen-bond acceptors (Lipinski definition) is 4. The molecule has 1 aromatic rings. The third-order valence-electron chi connectivity index (χ3n) is 4.89. The first kappa shape index (κ1) is 14.2. The minimum atomic E-state index is 0.0279. The standard InChI is InChI=1S/C16H23N3O2/c1-18-12-4-5-13(18)10-19(8-7-12)16(20)14-9-11(17)3-6-15(14)21-2/h3,6,9,12-13H,4-5,7-8,10,17H2,1-2H3. The van der Waals surface area contributed by atoms with Gasteiger partial charge in [-0.25, -0.2) is 0 Å². The minimum absolute atomic E-state index is 0.0279. The predicted octanol–water partition coefficient (Wildman–Crippen LogP) is 1.59. The quantitative estimate of drug-likeness (QED) is 0.840. The van der Waals surface area contributed by atoms with Gasteiger partial charge in [-0.05, 0) is 44.5 Å². The van der Waals surface area contributed by atoms with E-state index in [1.807, 2.05) is 4.90 Å². The zero-order chi connectivity index (χ0) is 15.0. The lowest BCUT2D eigenvalue weighted by Gasteiger charge is -2.26. The number of fused-ring (bicyclic) bond motifs is 2. The first-order valence-corrected chi connectivity index (χ1v) is 7.55. The molecule has 2 aliphatic rings. The number of hydrogen-bond donors (Lipinski definition) is 1. The van der Waals surface area contributed by atoms with Crippen molar-refractivity contribution in [2.24, 2.45) is 0 Å². The summed E-state index contributed by atoms with van der Waals surface area (Å²) in [4.78, 5) is 17.2. The Hall–Kier alpha value is -1.75. The van der Waals surface area contributed by atoms with E-state index < -0.39 is 0 Å². The summed E-state index contributed by atoms with van der Waals surface area (Å²) in [5.41, 5.74) is 6.99. The molecule has 114 valence electrons. The summed E-state index contributed by atoms with van der Waals surface area (Å²) in [5.74, 6) is 0.622. The molecule has 2 N–H and O–H groups in total. The minimum Gasteiger partial charge on any atom is -0.496 e. The van der Waals surface area contributed by atoms with Crippen LogP contribution in [0.15, 0.2) is 18.2 Å². The average Bonchev–Trinajstić information content (AvgIpc) is 2.71. The summed E-state index contributed by atoms with van der Waals surface area (Å²) in [6, 6.07) is 6.34. The van der Waals surface area contributed by atoms with Crippen LogP contribution < -0.4 is 10.5 Å². The number of nitrogens with two attached hydrogens (primary N) is 1.